The van der Waals surface area contributed by atoms with Crippen molar-refractivity contribution in [2.45, 2.75) is 32.6 Å². The highest BCUT2D eigenvalue weighted by molar-refractivity contribution is 7.89. The molecule has 0 heterocycles. The first-order chi connectivity index (χ1) is 12.7. The summed E-state index contributed by atoms with van der Waals surface area (Å²) >= 11 is 0. The third-order valence-electron chi connectivity index (χ3n) is 4.24. The zero-order valence-electron chi connectivity index (χ0n) is 15.6. The van der Waals surface area contributed by atoms with Crippen LogP contribution in [0.15, 0.2) is 35.2 Å². The Kier molecular flexibility index (Phi) is 6.20. The Morgan fingerprint density at radius 2 is 1.63 bits per heavy atom. The molecule has 0 fully saturated rings. The van der Waals surface area contributed by atoms with Gasteiger partial charge in [0.15, 0.2) is 6.61 Å². The summed E-state index contributed by atoms with van der Waals surface area (Å²) in [7, 11) is -3.93. The number of aryl methyl sites for hydroxylation is 2. The molecule has 0 aliphatic carbocycles. The molecule has 8 heteroatoms. The smallest absolute Gasteiger partial charge is 0.272 e. The minimum atomic E-state index is -3.93. The molecule has 2 aromatic rings. The first-order valence-corrected chi connectivity index (χ1v) is 9.65. The topological polar surface area (TPSA) is 108 Å². The first-order valence-electron chi connectivity index (χ1n) is 8.16. The number of ether oxygens (including phenoxy) is 1. The molecule has 1 amide bonds. The predicted octanol–water partition coefficient (Wildman–Crippen LogP) is 2.18. The van der Waals surface area contributed by atoms with E-state index in [-0.39, 0.29) is 11.5 Å². The fraction of sp³-hybridized carbons (Fsp3) is 0.263. The number of rotatable bonds is 6. The molecular formula is C19H21N3O4S. The van der Waals surface area contributed by atoms with E-state index in [4.69, 9.17) is 10.00 Å². The number of hydrogen-bond donors (Lipinski definition) is 2. The summed E-state index contributed by atoms with van der Waals surface area (Å²) < 4.78 is 30.5. The largest absolute Gasteiger partial charge is 0.484 e. The van der Waals surface area contributed by atoms with Crippen molar-refractivity contribution >= 4 is 15.9 Å². The van der Waals surface area contributed by atoms with Crippen molar-refractivity contribution in [3.8, 4) is 11.8 Å². The van der Waals surface area contributed by atoms with E-state index in [1.54, 1.807) is 38.1 Å². The quantitative estimate of drug-likeness (QED) is 0.739. The zero-order chi connectivity index (χ0) is 20.2. The first kappa shape index (κ1) is 20.4. The minimum absolute atomic E-state index is 0.160. The number of benzene rings is 2. The summed E-state index contributed by atoms with van der Waals surface area (Å²) in [5.41, 5.74) is 5.60. The van der Waals surface area contributed by atoms with Crippen molar-refractivity contribution in [3.05, 3.63) is 58.1 Å². The summed E-state index contributed by atoms with van der Waals surface area (Å²) in [5.74, 6) is -0.254. The van der Waals surface area contributed by atoms with Gasteiger partial charge in [0.2, 0.25) is 0 Å². The van der Waals surface area contributed by atoms with E-state index < -0.39 is 15.9 Å². The molecule has 0 saturated heterocycles. The lowest BCUT2D eigenvalue weighted by atomic mass is 10.0. The lowest BCUT2D eigenvalue weighted by Crippen LogP contribution is -2.44. The number of nitrogens with zero attached hydrogens (tertiary/aromatic N) is 1. The third-order valence-corrected chi connectivity index (χ3v) is 5.76. The zero-order valence-corrected chi connectivity index (χ0v) is 16.4. The van der Waals surface area contributed by atoms with Crippen LogP contribution in [0, 0.1) is 39.0 Å². The average molecular weight is 387 g/mol. The summed E-state index contributed by atoms with van der Waals surface area (Å²) in [5, 5.41) is 8.74. The van der Waals surface area contributed by atoms with Gasteiger partial charge in [-0.15, -0.1) is 4.83 Å². The van der Waals surface area contributed by atoms with Crippen LogP contribution in [0.5, 0.6) is 5.75 Å². The summed E-state index contributed by atoms with van der Waals surface area (Å²) in [4.78, 5) is 14.2. The van der Waals surface area contributed by atoms with Crippen LogP contribution >= 0.6 is 0 Å². The average Bonchev–Trinajstić information content (AvgIpc) is 2.63. The van der Waals surface area contributed by atoms with Gasteiger partial charge in [-0.1, -0.05) is 6.07 Å². The lowest BCUT2D eigenvalue weighted by Gasteiger charge is -2.16. The molecule has 2 rings (SSSR count). The minimum Gasteiger partial charge on any atom is -0.484 e. The van der Waals surface area contributed by atoms with E-state index in [9.17, 15) is 13.2 Å². The van der Waals surface area contributed by atoms with Gasteiger partial charge in [0.1, 0.15) is 5.75 Å². The van der Waals surface area contributed by atoms with Crippen LogP contribution in [-0.2, 0) is 14.8 Å². The Morgan fingerprint density at radius 1 is 1.07 bits per heavy atom. The molecule has 0 aromatic heterocycles. The molecule has 0 atom stereocenters. The van der Waals surface area contributed by atoms with Crippen LogP contribution in [0.2, 0.25) is 0 Å². The molecule has 27 heavy (non-hydrogen) atoms. The Labute approximate surface area is 159 Å². The van der Waals surface area contributed by atoms with Crippen molar-refractivity contribution in [1.29, 1.82) is 5.26 Å². The standard InChI is InChI=1S/C19H21N3O4S/c1-12-9-13(2)15(4)19(14(12)3)27(24,25)22-21-18(23)11-26-17-7-5-16(10-20)6-8-17/h5-9,22H,11H2,1-4H3,(H,21,23). The van der Waals surface area contributed by atoms with Gasteiger partial charge in [0.05, 0.1) is 16.5 Å². The van der Waals surface area contributed by atoms with Crippen molar-refractivity contribution < 1.29 is 17.9 Å². The van der Waals surface area contributed by atoms with Crippen LogP contribution in [0.1, 0.15) is 27.8 Å². The van der Waals surface area contributed by atoms with E-state index in [1.165, 1.54) is 0 Å². The van der Waals surface area contributed by atoms with Gasteiger partial charge in [0, 0.05) is 0 Å². The molecule has 7 nitrogen and oxygen atoms in total. The van der Waals surface area contributed by atoms with E-state index in [2.05, 4.69) is 10.3 Å². The SMILES string of the molecule is Cc1cc(C)c(C)c(S(=O)(=O)NNC(=O)COc2ccc(C#N)cc2)c1C. The molecule has 142 valence electrons. The van der Waals surface area contributed by atoms with E-state index >= 15 is 0 Å². The van der Waals surface area contributed by atoms with Crippen molar-refractivity contribution in [2.75, 3.05) is 6.61 Å². The number of hydrazine groups is 1. The van der Waals surface area contributed by atoms with E-state index in [1.807, 2.05) is 26.0 Å². The number of nitrogens with one attached hydrogen (secondary N) is 2. The molecule has 0 aliphatic rings. The number of amides is 1. The van der Waals surface area contributed by atoms with Crippen LogP contribution in [0.25, 0.3) is 0 Å². The molecule has 2 aromatic carbocycles. The monoisotopic (exact) mass is 387 g/mol. The molecule has 0 spiro atoms. The fourth-order valence-corrected chi connectivity index (χ4v) is 4.05. The van der Waals surface area contributed by atoms with Crippen LogP contribution in [0.3, 0.4) is 0 Å². The molecule has 0 aliphatic heterocycles. The van der Waals surface area contributed by atoms with Crippen LogP contribution in [0.4, 0.5) is 0 Å². The highest BCUT2D eigenvalue weighted by Gasteiger charge is 2.22. The molecular weight excluding hydrogens is 366 g/mol. The van der Waals surface area contributed by atoms with Gasteiger partial charge < -0.3 is 4.74 Å². The van der Waals surface area contributed by atoms with Crippen LogP contribution in [-0.4, -0.2) is 20.9 Å². The normalized spacial score (nSPS) is 10.9. The second kappa shape index (κ2) is 8.20. The van der Waals surface area contributed by atoms with Gasteiger partial charge in [-0.2, -0.15) is 5.26 Å². The maximum absolute atomic E-state index is 12.6. The summed E-state index contributed by atoms with van der Waals surface area (Å²) in [6.07, 6.45) is 0. The maximum atomic E-state index is 12.6. The highest BCUT2D eigenvalue weighted by atomic mass is 32.2. The van der Waals surface area contributed by atoms with E-state index in [0.29, 0.717) is 22.4 Å². The molecule has 0 unspecified atom stereocenters. The van der Waals surface area contributed by atoms with Crippen LogP contribution < -0.4 is 15.0 Å². The second-order valence-electron chi connectivity index (χ2n) is 6.17. The van der Waals surface area contributed by atoms with Gasteiger partial charge in [-0.25, -0.2) is 8.42 Å². The number of carbonyl (C=O) groups is 1. The van der Waals surface area contributed by atoms with E-state index in [0.717, 1.165) is 11.1 Å². The fourth-order valence-electron chi connectivity index (χ4n) is 2.57. The molecule has 0 bridgehead atoms. The van der Waals surface area contributed by atoms with Gasteiger partial charge >= 0.3 is 0 Å². The number of nitriles is 1. The Hall–Kier alpha value is -2.89. The summed E-state index contributed by atoms with van der Waals surface area (Å²) in [6, 6.07) is 10.1. The number of sulfonamides is 1. The molecule has 0 saturated carbocycles. The maximum Gasteiger partial charge on any atom is 0.272 e. The van der Waals surface area contributed by atoms with Crippen molar-refractivity contribution in [3.63, 3.8) is 0 Å². The van der Waals surface area contributed by atoms with Gasteiger partial charge in [0.25, 0.3) is 15.9 Å². The highest BCUT2D eigenvalue weighted by Crippen LogP contribution is 2.25. The third kappa shape index (κ3) is 4.84. The predicted molar refractivity (Wildman–Crippen MR) is 101 cm³/mol. The summed E-state index contributed by atoms with van der Waals surface area (Å²) in [6.45, 7) is 6.76. The Balaban J connectivity index is 2.03. The van der Waals surface area contributed by atoms with Gasteiger partial charge in [-0.05, 0) is 74.2 Å². The number of hydrogen-bond acceptors (Lipinski definition) is 5. The molecule has 2 N–H and O–H groups in total. The Bertz CT molecular complexity index is 980. The van der Waals surface area contributed by atoms with Crippen molar-refractivity contribution in [2.24, 2.45) is 0 Å². The second-order valence-corrected chi connectivity index (χ2v) is 7.79. The van der Waals surface area contributed by atoms with Crippen molar-refractivity contribution in [1.82, 2.24) is 10.3 Å². The van der Waals surface area contributed by atoms with Gasteiger partial charge in [-0.3, -0.25) is 10.2 Å². The molecule has 0 radical (unpaired) electrons. The number of carbonyl (C=O) groups excluding carboxylic acids is 1. The lowest BCUT2D eigenvalue weighted by molar-refractivity contribution is -0.123. The Morgan fingerprint density at radius 3 is 2.15 bits per heavy atom.